The number of likely N-dealkylation sites (tertiary alicyclic amines) is 1. The maximum Gasteiger partial charge on any atom is 0.191 e. The first-order valence-electron chi connectivity index (χ1n) is 9.62. The Morgan fingerprint density at radius 2 is 1.92 bits per heavy atom. The van der Waals surface area contributed by atoms with Crippen LogP contribution in [0.3, 0.4) is 0 Å². The lowest BCUT2D eigenvalue weighted by molar-refractivity contribution is 0.265. The molecule has 0 bridgehead atoms. The van der Waals surface area contributed by atoms with Crippen molar-refractivity contribution in [2.75, 3.05) is 33.8 Å². The Morgan fingerprint density at radius 3 is 2.42 bits per heavy atom. The molecule has 1 aliphatic rings. The summed E-state index contributed by atoms with van der Waals surface area (Å²) in [5, 5.41) is 7.14. The Hall–Kier alpha value is -1.75. The van der Waals surface area contributed by atoms with E-state index in [0.717, 1.165) is 31.3 Å². The third kappa shape index (κ3) is 5.13. The van der Waals surface area contributed by atoms with Crippen molar-refractivity contribution in [1.29, 1.82) is 0 Å². The highest BCUT2D eigenvalue weighted by molar-refractivity contribution is 5.80. The Bertz CT molecular complexity index is 595. The summed E-state index contributed by atoms with van der Waals surface area (Å²) in [4.78, 5) is 6.96. The van der Waals surface area contributed by atoms with Crippen LogP contribution >= 0.6 is 0 Å². The first kappa shape index (κ1) is 20.6. The Balaban J connectivity index is 1.93. The zero-order chi connectivity index (χ0) is 19.3. The molecule has 2 atom stereocenters. The summed E-state index contributed by atoms with van der Waals surface area (Å²) in [5.41, 5.74) is 1.27. The van der Waals surface area contributed by atoms with E-state index in [0.29, 0.717) is 18.0 Å². The summed E-state index contributed by atoms with van der Waals surface area (Å²) in [6.45, 7) is 14.4. The summed E-state index contributed by atoms with van der Waals surface area (Å²) in [6, 6.07) is 9.34. The molecule has 1 aromatic rings. The summed E-state index contributed by atoms with van der Waals surface area (Å²) < 4.78 is 5.26. The fourth-order valence-electron chi connectivity index (χ4n) is 3.43. The topological polar surface area (TPSA) is 48.9 Å². The van der Waals surface area contributed by atoms with Gasteiger partial charge in [0.15, 0.2) is 5.96 Å². The molecule has 0 amide bonds. The molecule has 0 aromatic heterocycles. The van der Waals surface area contributed by atoms with Gasteiger partial charge < -0.3 is 15.4 Å². The molecule has 1 aromatic carbocycles. The smallest absolute Gasteiger partial charge is 0.191 e. The van der Waals surface area contributed by atoms with Crippen LogP contribution in [0.25, 0.3) is 0 Å². The van der Waals surface area contributed by atoms with Crippen LogP contribution < -0.4 is 15.4 Å². The lowest BCUT2D eigenvalue weighted by atomic mass is 9.84. The molecule has 5 nitrogen and oxygen atoms in total. The second-order valence-electron chi connectivity index (χ2n) is 8.31. The van der Waals surface area contributed by atoms with Crippen LogP contribution in [0.15, 0.2) is 29.3 Å². The minimum absolute atomic E-state index is 0.00481. The summed E-state index contributed by atoms with van der Waals surface area (Å²) >= 11 is 0. The molecule has 5 heteroatoms. The summed E-state index contributed by atoms with van der Waals surface area (Å²) in [5.74, 6) is 2.39. The van der Waals surface area contributed by atoms with E-state index in [1.165, 1.54) is 5.56 Å². The van der Waals surface area contributed by atoms with Crippen molar-refractivity contribution in [2.24, 2.45) is 10.9 Å². The predicted molar refractivity (Wildman–Crippen MR) is 110 cm³/mol. The predicted octanol–water partition coefficient (Wildman–Crippen LogP) is 2.87. The Labute approximate surface area is 159 Å². The average Bonchev–Trinajstić information content (AvgIpc) is 2.99. The van der Waals surface area contributed by atoms with Crippen molar-refractivity contribution in [3.63, 3.8) is 0 Å². The Morgan fingerprint density at radius 1 is 1.27 bits per heavy atom. The first-order chi connectivity index (χ1) is 12.3. The van der Waals surface area contributed by atoms with Crippen LogP contribution in [0, 0.1) is 5.92 Å². The SMILES string of the molecule is CN=C(NCC(C)(C)c1ccc(OC)cc1)NC1CN(C(C)C)CC1C. The average molecular weight is 361 g/mol. The number of aliphatic imine (C=N–C) groups is 1. The molecule has 2 rings (SSSR count). The number of methoxy groups -OCH3 is 1. The highest BCUT2D eigenvalue weighted by Crippen LogP contribution is 2.24. The number of guanidine groups is 1. The van der Waals surface area contributed by atoms with Gasteiger partial charge in [-0.3, -0.25) is 9.89 Å². The van der Waals surface area contributed by atoms with Gasteiger partial charge in [0.25, 0.3) is 0 Å². The second kappa shape index (κ2) is 8.76. The number of nitrogens with one attached hydrogen (secondary N) is 2. The van der Waals surface area contributed by atoms with Gasteiger partial charge in [0.1, 0.15) is 5.75 Å². The summed E-state index contributed by atoms with van der Waals surface area (Å²) in [6.07, 6.45) is 0. The number of ether oxygens (including phenoxy) is 1. The molecule has 2 unspecified atom stereocenters. The molecule has 1 saturated heterocycles. The molecular formula is C21H36N4O. The first-order valence-corrected chi connectivity index (χ1v) is 9.62. The van der Waals surface area contributed by atoms with Gasteiger partial charge in [-0.1, -0.05) is 32.9 Å². The van der Waals surface area contributed by atoms with E-state index in [-0.39, 0.29) is 5.41 Å². The maximum atomic E-state index is 5.26. The highest BCUT2D eigenvalue weighted by atomic mass is 16.5. The molecule has 0 saturated carbocycles. The van der Waals surface area contributed by atoms with Crippen molar-refractivity contribution in [2.45, 2.75) is 52.1 Å². The zero-order valence-corrected chi connectivity index (χ0v) is 17.5. The molecule has 2 N–H and O–H groups in total. The number of nitrogens with zero attached hydrogens (tertiary/aromatic N) is 2. The summed E-state index contributed by atoms with van der Waals surface area (Å²) in [7, 11) is 3.54. The van der Waals surface area contributed by atoms with Crippen LogP contribution in [0.1, 0.15) is 40.2 Å². The number of benzene rings is 1. The lowest BCUT2D eigenvalue weighted by Crippen LogP contribution is -2.49. The van der Waals surface area contributed by atoms with E-state index in [2.05, 4.69) is 67.3 Å². The van der Waals surface area contributed by atoms with E-state index in [1.54, 1.807) is 7.11 Å². The van der Waals surface area contributed by atoms with Gasteiger partial charge in [0.2, 0.25) is 0 Å². The molecule has 1 aliphatic heterocycles. The molecule has 1 fully saturated rings. The Kier molecular flexibility index (Phi) is 6.93. The monoisotopic (exact) mass is 360 g/mol. The molecule has 1 heterocycles. The van der Waals surface area contributed by atoms with E-state index >= 15 is 0 Å². The lowest BCUT2D eigenvalue weighted by Gasteiger charge is -2.28. The molecule has 26 heavy (non-hydrogen) atoms. The minimum atomic E-state index is -0.00481. The molecule has 0 aliphatic carbocycles. The standard InChI is InChI=1S/C21H36N4O/c1-15(2)25-12-16(3)19(13-25)24-20(22-6)23-14-21(4,5)17-8-10-18(26-7)11-9-17/h8-11,15-16,19H,12-14H2,1-7H3,(H2,22,23,24). The van der Waals surface area contributed by atoms with Crippen LogP contribution in [-0.4, -0.2) is 56.7 Å². The largest absolute Gasteiger partial charge is 0.497 e. The van der Waals surface area contributed by atoms with Gasteiger partial charge in [-0.25, -0.2) is 0 Å². The van der Waals surface area contributed by atoms with Gasteiger partial charge >= 0.3 is 0 Å². The maximum absolute atomic E-state index is 5.26. The normalized spacial score (nSPS) is 21.9. The molecular weight excluding hydrogens is 324 g/mol. The van der Waals surface area contributed by atoms with E-state index < -0.39 is 0 Å². The quantitative estimate of drug-likeness (QED) is 0.605. The number of rotatable bonds is 6. The van der Waals surface area contributed by atoms with Crippen molar-refractivity contribution >= 4 is 5.96 Å². The van der Waals surface area contributed by atoms with Crippen LogP contribution in [0.5, 0.6) is 5.75 Å². The number of hydrogen-bond donors (Lipinski definition) is 2. The van der Waals surface area contributed by atoms with Crippen molar-refractivity contribution in [3.8, 4) is 5.75 Å². The van der Waals surface area contributed by atoms with Crippen molar-refractivity contribution in [3.05, 3.63) is 29.8 Å². The van der Waals surface area contributed by atoms with Crippen molar-refractivity contribution in [1.82, 2.24) is 15.5 Å². The van der Waals surface area contributed by atoms with Crippen LogP contribution in [0.2, 0.25) is 0 Å². The van der Waals surface area contributed by atoms with Crippen molar-refractivity contribution < 1.29 is 4.74 Å². The highest BCUT2D eigenvalue weighted by Gasteiger charge is 2.31. The van der Waals surface area contributed by atoms with Gasteiger partial charge in [0, 0.05) is 44.2 Å². The second-order valence-corrected chi connectivity index (χ2v) is 8.31. The third-order valence-electron chi connectivity index (χ3n) is 5.49. The van der Waals surface area contributed by atoms with E-state index in [9.17, 15) is 0 Å². The van der Waals surface area contributed by atoms with Gasteiger partial charge in [0.05, 0.1) is 7.11 Å². The van der Waals surface area contributed by atoms with E-state index in [4.69, 9.17) is 4.74 Å². The van der Waals surface area contributed by atoms with Gasteiger partial charge in [-0.05, 0) is 37.5 Å². The van der Waals surface area contributed by atoms with Gasteiger partial charge in [-0.2, -0.15) is 0 Å². The fourth-order valence-corrected chi connectivity index (χ4v) is 3.43. The third-order valence-corrected chi connectivity index (χ3v) is 5.49. The molecule has 0 spiro atoms. The van der Waals surface area contributed by atoms with Crippen LogP contribution in [0.4, 0.5) is 0 Å². The number of hydrogen-bond acceptors (Lipinski definition) is 3. The fraction of sp³-hybridized carbons (Fsp3) is 0.667. The van der Waals surface area contributed by atoms with Gasteiger partial charge in [-0.15, -0.1) is 0 Å². The molecule has 0 radical (unpaired) electrons. The zero-order valence-electron chi connectivity index (χ0n) is 17.5. The molecule has 146 valence electrons. The minimum Gasteiger partial charge on any atom is -0.497 e. The van der Waals surface area contributed by atoms with E-state index in [1.807, 2.05) is 19.2 Å². The van der Waals surface area contributed by atoms with Crippen LogP contribution in [-0.2, 0) is 5.41 Å².